The number of aryl methyl sites for hydroxylation is 2. The van der Waals surface area contributed by atoms with Gasteiger partial charge in [0.15, 0.2) is 0 Å². The highest BCUT2D eigenvalue weighted by Crippen LogP contribution is 2.17. The van der Waals surface area contributed by atoms with Crippen LogP contribution in [0.1, 0.15) is 56.8 Å². The van der Waals surface area contributed by atoms with Gasteiger partial charge in [-0.3, -0.25) is 0 Å². The first-order valence-corrected chi connectivity index (χ1v) is 7.36. The third-order valence-corrected chi connectivity index (χ3v) is 3.83. The molecule has 0 amide bonds. The minimum atomic E-state index is 0.565. The number of aromatic nitrogens is 2. The van der Waals surface area contributed by atoms with E-state index in [-0.39, 0.29) is 0 Å². The first-order chi connectivity index (χ1) is 9.06. The summed E-state index contributed by atoms with van der Waals surface area (Å²) < 4.78 is 4.61. The average molecular weight is 258 g/mol. The van der Waals surface area contributed by atoms with E-state index in [2.05, 4.69) is 73.7 Å². The van der Waals surface area contributed by atoms with Gasteiger partial charge in [0.05, 0.1) is 0 Å². The maximum absolute atomic E-state index is 2.33. The summed E-state index contributed by atoms with van der Waals surface area (Å²) in [7, 11) is 0. The van der Waals surface area contributed by atoms with Crippen molar-refractivity contribution in [2.45, 2.75) is 59.0 Å². The van der Waals surface area contributed by atoms with Gasteiger partial charge in [-0.1, -0.05) is 0 Å². The molecular formula is C17H26N2. The Kier molecular flexibility index (Phi) is 4.52. The SMILES string of the molecule is Cc1ccn(C(C)CCCc2ccn(C(C)C)c2)c1. The third-order valence-electron chi connectivity index (χ3n) is 3.83. The van der Waals surface area contributed by atoms with Gasteiger partial charge in [0, 0.05) is 36.9 Å². The van der Waals surface area contributed by atoms with E-state index in [0.717, 1.165) is 0 Å². The standard InChI is InChI=1S/C17H26N2/c1-14(2)18-11-9-17(13-18)7-5-6-16(4)19-10-8-15(3)12-19/h8-14,16H,5-7H2,1-4H3. The zero-order chi connectivity index (χ0) is 13.8. The van der Waals surface area contributed by atoms with Crippen molar-refractivity contribution in [2.24, 2.45) is 0 Å². The lowest BCUT2D eigenvalue weighted by Gasteiger charge is -2.13. The molecule has 2 aromatic rings. The quantitative estimate of drug-likeness (QED) is 0.707. The van der Waals surface area contributed by atoms with Crippen LogP contribution in [0.3, 0.4) is 0 Å². The molecule has 0 spiro atoms. The Morgan fingerprint density at radius 3 is 2.32 bits per heavy atom. The molecule has 0 saturated heterocycles. The van der Waals surface area contributed by atoms with Gasteiger partial charge in [0.25, 0.3) is 0 Å². The Bertz CT molecular complexity index is 505. The van der Waals surface area contributed by atoms with Crippen molar-refractivity contribution >= 4 is 0 Å². The van der Waals surface area contributed by atoms with Crippen LogP contribution in [-0.2, 0) is 6.42 Å². The van der Waals surface area contributed by atoms with Crippen LogP contribution in [0.15, 0.2) is 36.9 Å². The normalized spacial score (nSPS) is 13.1. The average Bonchev–Trinajstić information content (AvgIpc) is 2.98. The summed E-state index contributed by atoms with van der Waals surface area (Å²) in [6.07, 6.45) is 12.6. The molecule has 0 aliphatic heterocycles. The van der Waals surface area contributed by atoms with Crippen LogP contribution in [0, 0.1) is 6.92 Å². The van der Waals surface area contributed by atoms with E-state index < -0.39 is 0 Å². The second-order valence-electron chi connectivity index (χ2n) is 5.94. The van der Waals surface area contributed by atoms with E-state index in [0.29, 0.717) is 12.1 Å². The van der Waals surface area contributed by atoms with Crippen LogP contribution in [0.4, 0.5) is 0 Å². The highest BCUT2D eigenvalue weighted by molar-refractivity contribution is 5.11. The Morgan fingerprint density at radius 1 is 1.00 bits per heavy atom. The topological polar surface area (TPSA) is 9.86 Å². The van der Waals surface area contributed by atoms with Crippen LogP contribution in [0.25, 0.3) is 0 Å². The number of hydrogen-bond donors (Lipinski definition) is 0. The molecule has 0 N–H and O–H groups in total. The summed E-state index contributed by atoms with van der Waals surface area (Å²) >= 11 is 0. The van der Waals surface area contributed by atoms with Crippen LogP contribution < -0.4 is 0 Å². The van der Waals surface area contributed by atoms with Gasteiger partial charge in [0.2, 0.25) is 0 Å². The molecular weight excluding hydrogens is 232 g/mol. The smallest absolute Gasteiger partial charge is 0.0302 e. The van der Waals surface area contributed by atoms with E-state index >= 15 is 0 Å². The minimum Gasteiger partial charge on any atom is -0.352 e. The van der Waals surface area contributed by atoms with Gasteiger partial charge < -0.3 is 9.13 Å². The summed E-state index contributed by atoms with van der Waals surface area (Å²) in [4.78, 5) is 0. The second-order valence-corrected chi connectivity index (χ2v) is 5.94. The Labute approximate surface area is 117 Å². The Balaban J connectivity index is 1.79. The number of hydrogen-bond acceptors (Lipinski definition) is 0. The lowest BCUT2D eigenvalue weighted by molar-refractivity contribution is 0.490. The molecule has 0 aliphatic carbocycles. The summed E-state index contributed by atoms with van der Waals surface area (Å²) in [6, 6.07) is 5.60. The van der Waals surface area contributed by atoms with Crippen molar-refractivity contribution in [1.29, 1.82) is 0 Å². The van der Waals surface area contributed by atoms with Gasteiger partial charge >= 0.3 is 0 Å². The molecule has 1 unspecified atom stereocenters. The second kappa shape index (κ2) is 6.14. The summed E-state index contributed by atoms with van der Waals surface area (Å²) in [5.74, 6) is 0. The van der Waals surface area contributed by atoms with Gasteiger partial charge in [-0.15, -0.1) is 0 Å². The molecule has 19 heavy (non-hydrogen) atoms. The fraction of sp³-hybridized carbons (Fsp3) is 0.529. The minimum absolute atomic E-state index is 0.565. The lowest BCUT2D eigenvalue weighted by atomic mass is 10.1. The molecule has 0 fully saturated rings. The van der Waals surface area contributed by atoms with Crippen molar-refractivity contribution in [3.8, 4) is 0 Å². The van der Waals surface area contributed by atoms with Crippen molar-refractivity contribution in [3.63, 3.8) is 0 Å². The molecule has 2 rings (SSSR count). The largest absolute Gasteiger partial charge is 0.352 e. The molecule has 0 saturated carbocycles. The molecule has 2 aromatic heterocycles. The molecule has 2 heterocycles. The maximum atomic E-state index is 2.33. The number of nitrogens with zero attached hydrogens (tertiary/aromatic N) is 2. The van der Waals surface area contributed by atoms with Gasteiger partial charge in [-0.05, 0) is 70.2 Å². The van der Waals surface area contributed by atoms with Gasteiger partial charge in [-0.25, -0.2) is 0 Å². The summed E-state index contributed by atoms with van der Waals surface area (Å²) in [6.45, 7) is 8.90. The summed E-state index contributed by atoms with van der Waals surface area (Å²) in [5, 5.41) is 0. The van der Waals surface area contributed by atoms with Crippen molar-refractivity contribution in [3.05, 3.63) is 48.0 Å². The predicted molar refractivity (Wildman–Crippen MR) is 81.6 cm³/mol. The van der Waals surface area contributed by atoms with Crippen LogP contribution in [-0.4, -0.2) is 9.13 Å². The zero-order valence-corrected chi connectivity index (χ0v) is 12.6. The maximum Gasteiger partial charge on any atom is 0.0302 e. The molecule has 0 aliphatic rings. The highest BCUT2D eigenvalue weighted by Gasteiger charge is 2.05. The molecule has 2 nitrogen and oxygen atoms in total. The van der Waals surface area contributed by atoms with E-state index in [1.807, 2.05) is 0 Å². The molecule has 104 valence electrons. The Morgan fingerprint density at radius 2 is 1.74 bits per heavy atom. The predicted octanol–water partition coefficient (Wildman–Crippen LogP) is 4.76. The van der Waals surface area contributed by atoms with Gasteiger partial charge in [-0.2, -0.15) is 0 Å². The first-order valence-electron chi connectivity index (χ1n) is 7.36. The molecule has 1 atom stereocenters. The van der Waals surface area contributed by atoms with Crippen LogP contribution in [0.5, 0.6) is 0 Å². The van der Waals surface area contributed by atoms with Crippen LogP contribution in [0.2, 0.25) is 0 Å². The van der Waals surface area contributed by atoms with E-state index in [4.69, 9.17) is 0 Å². The van der Waals surface area contributed by atoms with E-state index in [1.54, 1.807) is 0 Å². The van der Waals surface area contributed by atoms with Crippen LogP contribution >= 0.6 is 0 Å². The monoisotopic (exact) mass is 258 g/mol. The van der Waals surface area contributed by atoms with Gasteiger partial charge in [0.1, 0.15) is 0 Å². The van der Waals surface area contributed by atoms with E-state index in [1.165, 1.54) is 30.4 Å². The molecule has 0 radical (unpaired) electrons. The zero-order valence-electron chi connectivity index (χ0n) is 12.6. The molecule has 2 heteroatoms. The Hall–Kier alpha value is -1.44. The number of rotatable bonds is 6. The highest BCUT2D eigenvalue weighted by atomic mass is 15.0. The van der Waals surface area contributed by atoms with E-state index in [9.17, 15) is 0 Å². The molecule has 0 bridgehead atoms. The van der Waals surface area contributed by atoms with Crippen molar-refractivity contribution in [2.75, 3.05) is 0 Å². The summed E-state index contributed by atoms with van der Waals surface area (Å²) in [5.41, 5.74) is 2.81. The first kappa shape index (κ1) is 14.0. The van der Waals surface area contributed by atoms with Crippen molar-refractivity contribution < 1.29 is 0 Å². The van der Waals surface area contributed by atoms with Crippen molar-refractivity contribution in [1.82, 2.24) is 9.13 Å². The third kappa shape index (κ3) is 3.76. The lowest BCUT2D eigenvalue weighted by Crippen LogP contribution is -2.02. The molecule has 0 aromatic carbocycles. The fourth-order valence-electron chi connectivity index (χ4n) is 2.48. The fourth-order valence-corrected chi connectivity index (χ4v) is 2.48.